The fourth-order valence-corrected chi connectivity index (χ4v) is 8.08. The second kappa shape index (κ2) is 17.2. The monoisotopic (exact) mass is 778 g/mol. The quantitative estimate of drug-likeness (QED) is 0.114. The molecule has 1 aromatic heterocycles. The van der Waals surface area contributed by atoms with Gasteiger partial charge in [-0.2, -0.15) is 13.8 Å². The average Bonchev–Trinajstić information content (AvgIpc) is 3.22. The highest BCUT2D eigenvalue weighted by Crippen LogP contribution is 2.45. The highest BCUT2D eigenvalue weighted by molar-refractivity contribution is 7.57. The first kappa shape index (κ1) is 42.4. The van der Waals surface area contributed by atoms with E-state index in [1.807, 2.05) is 19.6 Å². The van der Waals surface area contributed by atoms with Gasteiger partial charge in [-0.25, -0.2) is 14.7 Å². The molecule has 1 aliphatic heterocycles. The summed E-state index contributed by atoms with van der Waals surface area (Å²) < 4.78 is 83.9. The van der Waals surface area contributed by atoms with Crippen LogP contribution in [0.3, 0.4) is 0 Å². The van der Waals surface area contributed by atoms with Crippen LogP contribution < -0.4 is 20.6 Å². The minimum absolute atomic E-state index is 0.123. The van der Waals surface area contributed by atoms with Crippen LogP contribution in [0.15, 0.2) is 41.3 Å². The number of rotatable bonds is 17. The van der Waals surface area contributed by atoms with Crippen molar-refractivity contribution in [2.75, 3.05) is 25.4 Å². The van der Waals surface area contributed by atoms with Crippen LogP contribution in [0.5, 0.6) is 5.75 Å². The number of ether oxygens (including phenoxy) is 4. The third-order valence-corrected chi connectivity index (χ3v) is 10.6. The highest BCUT2D eigenvalue weighted by Gasteiger charge is 2.61. The zero-order valence-electron chi connectivity index (χ0n) is 30.6. The van der Waals surface area contributed by atoms with Gasteiger partial charge in [-0.3, -0.25) is 19.2 Å². The van der Waals surface area contributed by atoms with Gasteiger partial charge in [-0.05, 0) is 83.8 Å². The molecule has 20 heteroatoms. The van der Waals surface area contributed by atoms with E-state index in [0.29, 0.717) is 10.1 Å². The minimum Gasteiger partial charge on any atom is -0.462 e. The summed E-state index contributed by atoms with van der Waals surface area (Å²) in [4.78, 5) is 41.3. The van der Waals surface area contributed by atoms with Crippen LogP contribution in [0.2, 0.25) is 39.3 Å². The fraction of sp³-hybridized carbons (Fsp3) is 0.613. The number of benzene rings is 1. The van der Waals surface area contributed by atoms with Gasteiger partial charge in [0.15, 0.2) is 16.6 Å². The normalized spacial score (nSPS) is 20.8. The second-order valence-corrected chi connectivity index (χ2v) is 25.2. The van der Waals surface area contributed by atoms with Crippen molar-refractivity contribution in [1.29, 1.82) is 0 Å². The Labute approximate surface area is 298 Å². The predicted molar refractivity (Wildman–Crippen MR) is 189 cm³/mol. The molecular formula is C31H49F2N4O11PSi2. The Balaban J connectivity index is 1.62. The number of methoxy groups -OCH3 is 1. The van der Waals surface area contributed by atoms with E-state index in [4.69, 9.17) is 32.3 Å². The number of anilines is 1. The van der Waals surface area contributed by atoms with Gasteiger partial charge in [0.1, 0.15) is 42.8 Å². The number of carbonyl (C=O) groups excluding carboxylic acids is 2. The number of alkyl halides is 2. The molecule has 1 fully saturated rings. The molecule has 0 saturated carbocycles. The number of hydrogen-bond acceptors (Lipinski definition) is 12. The van der Waals surface area contributed by atoms with Gasteiger partial charge in [0.2, 0.25) is 6.23 Å². The number of esters is 1. The van der Waals surface area contributed by atoms with Crippen molar-refractivity contribution in [3.05, 3.63) is 52.6 Å². The number of hydrogen-bond donors (Lipinski definition) is 2. The van der Waals surface area contributed by atoms with Crippen molar-refractivity contribution >= 4 is 42.0 Å². The Morgan fingerprint density at radius 3 is 2.25 bits per heavy atom. The number of nitrogens with one attached hydrogen (secondary N) is 2. The van der Waals surface area contributed by atoms with Crippen LogP contribution in [0.25, 0.3) is 0 Å². The zero-order valence-corrected chi connectivity index (χ0v) is 33.5. The maximum atomic E-state index is 15.8. The molecule has 5 atom stereocenters. The van der Waals surface area contributed by atoms with Crippen LogP contribution in [-0.4, -0.2) is 88.6 Å². The standard InChI is InChI=1S/C31H49F2N4O11PSi2/c1-20(2)45-27(38)21(3)36-49(41,19-42-4)47-23-13-11-22(12-14-23)17-43-30(40)35-25-15-16-37(29(39)34-25)28-31(32,33)26(48-51(8,9)10)24(46-28)18-44-50(5,6)7/h11-16,20-21,24,26,28H,17-19H2,1-10H3,(H,36,41)(H,34,35,39,40)/t21-,24+,26+,28+,49?/m0/s1. The molecule has 3 rings (SSSR count). The Hall–Kier alpha value is -3.04. The molecule has 1 saturated heterocycles. The largest absolute Gasteiger partial charge is 0.462 e. The molecule has 0 aliphatic carbocycles. The zero-order chi connectivity index (χ0) is 38.4. The summed E-state index contributed by atoms with van der Waals surface area (Å²) in [5.41, 5.74) is -0.564. The number of carbonyl (C=O) groups is 2. The Kier molecular flexibility index (Phi) is 14.3. The second-order valence-electron chi connectivity index (χ2n) is 14.1. The van der Waals surface area contributed by atoms with Crippen LogP contribution in [0.4, 0.5) is 19.4 Å². The molecule has 1 unspecified atom stereocenters. The lowest BCUT2D eigenvalue weighted by Gasteiger charge is -2.31. The van der Waals surface area contributed by atoms with Gasteiger partial charge in [0.05, 0.1) is 12.7 Å². The van der Waals surface area contributed by atoms with Gasteiger partial charge in [-0.1, -0.05) is 12.1 Å². The van der Waals surface area contributed by atoms with Crippen molar-refractivity contribution in [2.24, 2.45) is 0 Å². The topological polar surface area (TPSA) is 175 Å². The van der Waals surface area contributed by atoms with E-state index in [2.05, 4.69) is 15.4 Å². The van der Waals surface area contributed by atoms with Crippen molar-refractivity contribution in [3.63, 3.8) is 0 Å². The SMILES string of the molecule is COCP(=O)(N[C@@H](C)C(=O)OC(C)C)Oc1ccc(COC(=O)Nc2ccn([C@@H]3O[C@H](CO[Si](C)(C)C)[C@@H](O[Si](C)(C)C)C3(F)F)c(=O)n2)cc1. The van der Waals surface area contributed by atoms with E-state index in [9.17, 15) is 18.9 Å². The first-order valence-electron chi connectivity index (χ1n) is 16.2. The van der Waals surface area contributed by atoms with E-state index < -0.39 is 72.3 Å². The molecule has 51 heavy (non-hydrogen) atoms. The molecular weight excluding hydrogens is 730 g/mol. The number of aromatic nitrogens is 2. The van der Waals surface area contributed by atoms with Crippen molar-refractivity contribution in [2.45, 2.75) is 103 Å². The molecule has 1 amide bonds. The summed E-state index contributed by atoms with van der Waals surface area (Å²) in [7, 11) is -6.91. The Morgan fingerprint density at radius 1 is 1.06 bits per heavy atom. The van der Waals surface area contributed by atoms with Gasteiger partial charge < -0.3 is 32.3 Å². The van der Waals surface area contributed by atoms with Crippen molar-refractivity contribution in [3.8, 4) is 5.75 Å². The molecule has 286 valence electrons. The van der Waals surface area contributed by atoms with Gasteiger partial charge >= 0.3 is 31.2 Å². The third-order valence-electron chi connectivity index (χ3n) is 6.76. The van der Waals surface area contributed by atoms with Crippen LogP contribution in [-0.2, 0) is 43.8 Å². The smallest absolute Gasteiger partial charge is 0.413 e. The number of halogens is 2. The minimum atomic E-state index is -3.69. The van der Waals surface area contributed by atoms with Crippen molar-refractivity contribution in [1.82, 2.24) is 14.6 Å². The Bertz CT molecular complexity index is 1600. The molecule has 2 aromatic rings. The van der Waals surface area contributed by atoms with Gasteiger partial charge in [0.25, 0.3) is 0 Å². The lowest BCUT2D eigenvalue weighted by molar-refractivity contribution is -0.149. The molecule has 0 spiro atoms. The fourth-order valence-electron chi connectivity index (χ4n) is 4.67. The van der Waals surface area contributed by atoms with Crippen molar-refractivity contribution < 1.29 is 55.3 Å². The van der Waals surface area contributed by atoms with E-state index in [-0.39, 0.29) is 37.2 Å². The third kappa shape index (κ3) is 12.8. The predicted octanol–water partition coefficient (Wildman–Crippen LogP) is 5.70. The van der Waals surface area contributed by atoms with E-state index in [0.717, 1.165) is 6.20 Å². The Morgan fingerprint density at radius 2 is 1.71 bits per heavy atom. The summed E-state index contributed by atoms with van der Waals surface area (Å²) >= 11 is 0. The molecule has 0 bridgehead atoms. The van der Waals surface area contributed by atoms with E-state index in [1.165, 1.54) is 32.2 Å². The first-order valence-corrected chi connectivity index (χ1v) is 24.9. The summed E-state index contributed by atoms with van der Waals surface area (Å²) in [5.74, 6) is -4.23. The van der Waals surface area contributed by atoms with Crippen LogP contribution in [0, 0.1) is 0 Å². The summed E-state index contributed by atoms with van der Waals surface area (Å²) in [6.45, 7) is 15.6. The van der Waals surface area contributed by atoms with Gasteiger partial charge in [0, 0.05) is 13.3 Å². The molecule has 15 nitrogen and oxygen atoms in total. The molecule has 0 radical (unpaired) electrons. The lowest BCUT2D eigenvalue weighted by Crippen LogP contribution is -2.49. The maximum absolute atomic E-state index is 15.8. The summed E-state index contributed by atoms with van der Waals surface area (Å²) in [6.07, 6.45) is -5.36. The van der Waals surface area contributed by atoms with Crippen LogP contribution in [0.1, 0.15) is 32.6 Å². The molecule has 1 aromatic carbocycles. The van der Waals surface area contributed by atoms with E-state index >= 15 is 8.78 Å². The summed E-state index contributed by atoms with van der Waals surface area (Å²) in [5, 5.41) is 4.95. The highest BCUT2D eigenvalue weighted by atomic mass is 31.2. The molecule has 2 heterocycles. The lowest BCUT2D eigenvalue weighted by atomic mass is 10.1. The number of amides is 1. The average molecular weight is 779 g/mol. The summed E-state index contributed by atoms with van der Waals surface area (Å²) in [6, 6.07) is 6.32. The number of nitrogens with zero attached hydrogens (tertiary/aromatic N) is 2. The van der Waals surface area contributed by atoms with Gasteiger partial charge in [-0.15, -0.1) is 0 Å². The molecule has 1 aliphatic rings. The van der Waals surface area contributed by atoms with Crippen LogP contribution >= 0.6 is 7.52 Å². The maximum Gasteiger partial charge on any atom is 0.413 e. The first-order chi connectivity index (χ1) is 23.5. The molecule has 2 N–H and O–H groups in total. The van der Waals surface area contributed by atoms with E-state index in [1.54, 1.807) is 45.6 Å².